The first-order valence-corrected chi connectivity index (χ1v) is 4.00. The Morgan fingerprint density at radius 2 is 2.00 bits per heavy atom. The third kappa shape index (κ3) is 2.49. The van der Waals surface area contributed by atoms with Gasteiger partial charge in [0, 0.05) is 0 Å². The second-order valence-corrected chi connectivity index (χ2v) is 2.85. The van der Waals surface area contributed by atoms with E-state index in [1.54, 1.807) is 12.1 Å². The molecule has 0 aliphatic heterocycles. The Bertz CT molecular complexity index is 364. The second kappa shape index (κ2) is 4.28. The highest BCUT2D eigenvalue weighted by Gasteiger charge is 2.22. The van der Waals surface area contributed by atoms with Crippen LogP contribution in [0, 0.1) is 6.57 Å². The van der Waals surface area contributed by atoms with Crippen LogP contribution < -0.4 is 0 Å². The number of carboxylic acid groups (broad SMARTS) is 1. The fraction of sp³-hybridized carbons (Fsp3) is 0.200. The van der Waals surface area contributed by atoms with Crippen molar-refractivity contribution in [3.63, 3.8) is 0 Å². The molecule has 0 heterocycles. The molecule has 4 nitrogen and oxygen atoms in total. The van der Waals surface area contributed by atoms with Crippen LogP contribution in [0.1, 0.15) is 5.56 Å². The zero-order valence-corrected chi connectivity index (χ0v) is 7.34. The highest BCUT2D eigenvalue weighted by atomic mass is 16.4. The van der Waals surface area contributed by atoms with Gasteiger partial charge in [-0.25, -0.2) is 11.4 Å². The highest BCUT2D eigenvalue weighted by Crippen LogP contribution is 2.12. The summed E-state index contributed by atoms with van der Waals surface area (Å²) in [7, 11) is 0. The van der Waals surface area contributed by atoms with Crippen molar-refractivity contribution in [1.82, 2.24) is 0 Å². The number of benzene rings is 1. The van der Waals surface area contributed by atoms with Crippen molar-refractivity contribution in [1.29, 1.82) is 0 Å². The largest absolute Gasteiger partial charge is 0.508 e. The Hall–Kier alpha value is -2.02. The SMILES string of the molecule is [C-]#[N+]C(Cc1ccc(O)cc1)C(=O)O. The molecule has 1 aromatic carbocycles. The number of carbonyl (C=O) groups is 1. The first-order chi connectivity index (χ1) is 6.63. The zero-order valence-electron chi connectivity index (χ0n) is 7.34. The Labute approximate surface area is 81.2 Å². The van der Waals surface area contributed by atoms with Crippen molar-refractivity contribution in [2.75, 3.05) is 0 Å². The van der Waals surface area contributed by atoms with Crippen LogP contribution in [0.25, 0.3) is 4.85 Å². The minimum Gasteiger partial charge on any atom is -0.508 e. The summed E-state index contributed by atoms with van der Waals surface area (Å²) in [6.07, 6.45) is 0.166. The van der Waals surface area contributed by atoms with E-state index in [4.69, 9.17) is 16.8 Å². The van der Waals surface area contributed by atoms with Gasteiger partial charge in [0.15, 0.2) is 0 Å². The Morgan fingerprint density at radius 3 is 2.43 bits per heavy atom. The number of rotatable bonds is 3. The molecule has 1 aromatic rings. The maximum atomic E-state index is 10.5. The third-order valence-electron chi connectivity index (χ3n) is 1.81. The van der Waals surface area contributed by atoms with E-state index >= 15 is 0 Å². The Kier molecular flexibility index (Phi) is 3.08. The molecule has 0 amide bonds. The number of carboxylic acids is 1. The first kappa shape index (κ1) is 10.1. The van der Waals surface area contributed by atoms with Crippen molar-refractivity contribution in [2.24, 2.45) is 0 Å². The zero-order chi connectivity index (χ0) is 10.6. The first-order valence-electron chi connectivity index (χ1n) is 4.00. The molecule has 0 saturated carbocycles. The van der Waals surface area contributed by atoms with Crippen LogP contribution in [0.15, 0.2) is 24.3 Å². The molecule has 0 fully saturated rings. The van der Waals surface area contributed by atoms with Crippen LogP contribution in [0.4, 0.5) is 0 Å². The fourth-order valence-corrected chi connectivity index (χ4v) is 1.04. The van der Waals surface area contributed by atoms with Gasteiger partial charge in [-0.05, 0) is 17.7 Å². The van der Waals surface area contributed by atoms with Gasteiger partial charge < -0.3 is 15.1 Å². The van der Waals surface area contributed by atoms with E-state index in [2.05, 4.69) is 4.85 Å². The summed E-state index contributed by atoms with van der Waals surface area (Å²) in [5, 5.41) is 17.6. The number of aromatic hydroxyl groups is 1. The molecular weight excluding hydrogens is 182 g/mol. The summed E-state index contributed by atoms with van der Waals surface area (Å²) < 4.78 is 0. The lowest BCUT2D eigenvalue weighted by Gasteiger charge is -2.00. The lowest BCUT2D eigenvalue weighted by molar-refractivity contribution is -0.137. The van der Waals surface area contributed by atoms with E-state index in [0.717, 1.165) is 5.56 Å². The second-order valence-electron chi connectivity index (χ2n) is 2.85. The summed E-state index contributed by atoms with van der Waals surface area (Å²) in [4.78, 5) is 13.5. The van der Waals surface area contributed by atoms with Gasteiger partial charge in [-0.2, -0.15) is 0 Å². The summed E-state index contributed by atoms with van der Waals surface area (Å²) in [5.74, 6) is -0.989. The molecule has 0 spiro atoms. The molecule has 14 heavy (non-hydrogen) atoms. The van der Waals surface area contributed by atoms with Gasteiger partial charge in [-0.3, -0.25) is 0 Å². The van der Waals surface area contributed by atoms with Gasteiger partial charge >= 0.3 is 12.0 Å². The summed E-state index contributed by atoms with van der Waals surface area (Å²) in [6, 6.07) is 5.11. The number of hydrogen-bond donors (Lipinski definition) is 2. The highest BCUT2D eigenvalue weighted by molar-refractivity contribution is 5.75. The molecule has 72 valence electrons. The average Bonchev–Trinajstić information content (AvgIpc) is 2.16. The van der Waals surface area contributed by atoms with E-state index in [1.165, 1.54) is 12.1 Å². The predicted octanol–water partition coefficient (Wildman–Crippen LogP) is 1.31. The summed E-state index contributed by atoms with van der Waals surface area (Å²) in [6.45, 7) is 6.68. The Morgan fingerprint density at radius 1 is 1.43 bits per heavy atom. The van der Waals surface area contributed by atoms with Crippen molar-refractivity contribution in [3.05, 3.63) is 41.2 Å². The van der Waals surface area contributed by atoms with Crippen molar-refractivity contribution in [3.8, 4) is 5.75 Å². The molecule has 0 aliphatic carbocycles. The number of phenols is 1. The molecule has 0 radical (unpaired) electrons. The summed E-state index contributed by atoms with van der Waals surface area (Å²) >= 11 is 0. The maximum absolute atomic E-state index is 10.5. The monoisotopic (exact) mass is 191 g/mol. The molecule has 0 aromatic heterocycles. The van der Waals surface area contributed by atoms with Crippen molar-refractivity contribution in [2.45, 2.75) is 12.5 Å². The van der Waals surface area contributed by atoms with Crippen LogP contribution in [0.3, 0.4) is 0 Å². The van der Waals surface area contributed by atoms with Crippen molar-refractivity contribution < 1.29 is 15.0 Å². The molecule has 0 saturated heterocycles. The van der Waals surface area contributed by atoms with Crippen LogP contribution in [-0.4, -0.2) is 22.2 Å². The van der Waals surface area contributed by atoms with E-state index in [1.807, 2.05) is 0 Å². The van der Waals surface area contributed by atoms with Gasteiger partial charge in [0.25, 0.3) is 0 Å². The Balaban J connectivity index is 2.74. The molecule has 2 N–H and O–H groups in total. The molecule has 1 rings (SSSR count). The standard InChI is InChI=1S/C10H9NO3/c1-11-9(10(13)14)6-7-2-4-8(12)5-3-7/h2-5,9,12H,6H2,(H,13,14). The van der Waals surface area contributed by atoms with Crippen LogP contribution >= 0.6 is 0 Å². The van der Waals surface area contributed by atoms with E-state index in [-0.39, 0.29) is 12.2 Å². The van der Waals surface area contributed by atoms with Gasteiger partial charge in [0.2, 0.25) is 0 Å². The normalized spacial score (nSPS) is 11.6. The molecule has 0 bridgehead atoms. The van der Waals surface area contributed by atoms with Gasteiger partial charge in [0.05, 0.1) is 6.42 Å². The molecule has 0 aliphatic rings. The van der Waals surface area contributed by atoms with Gasteiger partial charge in [-0.15, -0.1) is 0 Å². The van der Waals surface area contributed by atoms with E-state index < -0.39 is 12.0 Å². The minimum atomic E-state index is -1.12. The smallest absolute Gasteiger partial charge is 0.388 e. The van der Waals surface area contributed by atoms with Gasteiger partial charge in [-0.1, -0.05) is 12.1 Å². The van der Waals surface area contributed by atoms with E-state index in [9.17, 15) is 4.79 Å². The third-order valence-corrected chi connectivity index (χ3v) is 1.81. The lowest BCUT2D eigenvalue weighted by Crippen LogP contribution is -2.18. The fourth-order valence-electron chi connectivity index (χ4n) is 1.04. The van der Waals surface area contributed by atoms with Crippen molar-refractivity contribution >= 4 is 5.97 Å². The quantitative estimate of drug-likeness (QED) is 0.708. The van der Waals surface area contributed by atoms with Gasteiger partial charge in [0.1, 0.15) is 5.75 Å². The number of nitrogens with zero attached hydrogens (tertiary/aromatic N) is 1. The summed E-state index contributed by atoms with van der Waals surface area (Å²) in [5.41, 5.74) is 0.728. The number of aliphatic carboxylic acids is 1. The molecule has 1 atom stereocenters. The van der Waals surface area contributed by atoms with Crippen LogP contribution in [-0.2, 0) is 11.2 Å². The van der Waals surface area contributed by atoms with Crippen LogP contribution in [0.2, 0.25) is 0 Å². The predicted molar refractivity (Wildman–Crippen MR) is 49.8 cm³/mol. The molecule has 1 unspecified atom stereocenters. The van der Waals surface area contributed by atoms with Crippen LogP contribution in [0.5, 0.6) is 5.75 Å². The number of phenolic OH excluding ortho intramolecular Hbond substituents is 1. The van der Waals surface area contributed by atoms with E-state index in [0.29, 0.717) is 0 Å². The number of hydrogen-bond acceptors (Lipinski definition) is 2. The minimum absolute atomic E-state index is 0.128. The topological polar surface area (TPSA) is 61.9 Å². The average molecular weight is 191 g/mol. The molecule has 4 heteroatoms. The molecular formula is C10H9NO3. The maximum Gasteiger partial charge on any atom is 0.388 e. The lowest BCUT2D eigenvalue weighted by atomic mass is 10.1.